The molecule has 0 bridgehead atoms. The van der Waals surface area contributed by atoms with Crippen molar-refractivity contribution in [2.45, 2.75) is 57.2 Å². The van der Waals surface area contributed by atoms with Crippen molar-refractivity contribution in [3.63, 3.8) is 0 Å². The molecular formula is C11H16N4O8. The van der Waals surface area contributed by atoms with Crippen molar-refractivity contribution in [3.8, 4) is 0 Å². The summed E-state index contributed by atoms with van der Waals surface area (Å²) in [5.74, 6) is -1.58. The van der Waals surface area contributed by atoms with E-state index in [0.29, 0.717) is 0 Å². The lowest BCUT2D eigenvalue weighted by atomic mass is 9.98. The molecule has 2 heterocycles. The number of rotatable bonds is 5. The summed E-state index contributed by atoms with van der Waals surface area (Å²) < 4.78 is 21.6. The predicted molar refractivity (Wildman–Crippen MR) is 70.1 cm³/mol. The van der Waals surface area contributed by atoms with Gasteiger partial charge >= 0.3 is 5.97 Å². The zero-order chi connectivity index (χ0) is 17.2. The molecule has 0 spiro atoms. The molecule has 0 radical (unpaired) electrons. The lowest BCUT2D eigenvalue weighted by molar-refractivity contribution is -0.783. The van der Waals surface area contributed by atoms with Crippen molar-refractivity contribution in [1.29, 1.82) is 0 Å². The van der Waals surface area contributed by atoms with E-state index in [0.717, 1.165) is 0 Å². The van der Waals surface area contributed by atoms with Crippen molar-refractivity contribution < 1.29 is 33.7 Å². The van der Waals surface area contributed by atoms with Gasteiger partial charge < -0.3 is 18.9 Å². The number of hydrogen-bond donors (Lipinski definition) is 0. The average Bonchev–Trinajstić information content (AvgIpc) is 2.74. The van der Waals surface area contributed by atoms with E-state index >= 15 is 0 Å². The zero-order valence-corrected chi connectivity index (χ0v) is 12.6. The quantitative estimate of drug-likeness (QED) is 0.178. The van der Waals surface area contributed by atoms with Crippen molar-refractivity contribution in [2.24, 2.45) is 5.11 Å². The van der Waals surface area contributed by atoms with Crippen molar-refractivity contribution in [2.75, 3.05) is 6.61 Å². The van der Waals surface area contributed by atoms with Crippen LogP contribution in [0.3, 0.4) is 0 Å². The van der Waals surface area contributed by atoms with Gasteiger partial charge in [0.05, 0.1) is 0 Å². The minimum absolute atomic E-state index is 0.212. The van der Waals surface area contributed by atoms with Crippen LogP contribution >= 0.6 is 0 Å². The third-order valence-corrected chi connectivity index (χ3v) is 3.28. The summed E-state index contributed by atoms with van der Waals surface area (Å²) in [7, 11) is 0. The van der Waals surface area contributed by atoms with Crippen LogP contribution in [-0.4, -0.2) is 54.1 Å². The second-order valence-corrected chi connectivity index (χ2v) is 5.43. The Balaban J connectivity index is 2.26. The van der Waals surface area contributed by atoms with Gasteiger partial charge in [0.25, 0.3) is 5.09 Å². The summed E-state index contributed by atoms with van der Waals surface area (Å²) in [5, 5.41) is 13.0. The number of ether oxygens (including phenoxy) is 4. The molecule has 0 aromatic carbocycles. The molecule has 5 atom stereocenters. The first kappa shape index (κ1) is 17.2. The Hall–Kier alpha value is -2.14. The zero-order valence-electron chi connectivity index (χ0n) is 12.6. The van der Waals surface area contributed by atoms with Crippen LogP contribution in [0.4, 0.5) is 0 Å². The molecule has 0 N–H and O–H groups in total. The molecule has 0 aromatic rings. The van der Waals surface area contributed by atoms with E-state index in [-0.39, 0.29) is 6.61 Å². The number of esters is 1. The monoisotopic (exact) mass is 332 g/mol. The highest BCUT2D eigenvalue weighted by atomic mass is 17.0. The fourth-order valence-corrected chi connectivity index (χ4v) is 2.54. The molecule has 128 valence electrons. The number of carbonyl (C=O) groups is 1. The Morgan fingerprint density at radius 1 is 1.43 bits per heavy atom. The van der Waals surface area contributed by atoms with E-state index < -0.39 is 47.5 Å². The van der Waals surface area contributed by atoms with Gasteiger partial charge in [-0.2, -0.15) is 0 Å². The van der Waals surface area contributed by atoms with Gasteiger partial charge in [0, 0.05) is 11.8 Å². The van der Waals surface area contributed by atoms with Gasteiger partial charge in [0.2, 0.25) is 6.29 Å². The summed E-state index contributed by atoms with van der Waals surface area (Å²) >= 11 is 0. The minimum Gasteiger partial charge on any atom is -0.463 e. The normalized spacial score (nSPS) is 34.8. The van der Waals surface area contributed by atoms with E-state index in [9.17, 15) is 14.9 Å². The van der Waals surface area contributed by atoms with Crippen LogP contribution < -0.4 is 0 Å². The van der Waals surface area contributed by atoms with E-state index in [4.69, 9.17) is 24.5 Å². The molecule has 0 amide bonds. The maximum Gasteiger partial charge on any atom is 0.302 e. The summed E-state index contributed by atoms with van der Waals surface area (Å²) in [6, 6.07) is -1.13. The Morgan fingerprint density at radius 3 is 2.65 bits per heavy atom. The fraction of sp³-hybridized carbons (Fsp3) is 0.909. The first-order valence-corrected chi connectivity index (χ1v) is 6.73. The summed E-state index contributed by atoms with van der Waals surface area (Å²) in [6.45, 7) is 4.26. The van der Waals surface area contributed by atoms with Crippen LogP contribution in [0.25, 0.3) is 10.4 Å². The van der Waals surface area contributed by atoms with Crippen LogP contribution in [-0.2, 0) is 28.6 Å². The molecule has 12 heteroatoms. The maximum atomic E-state index is 11.0. The van der Waals surface area contributed by atoms with Gasteiger partial charge in [-0.1, -0.05) is 5.11 Å². The molecule has 2 rings (SSSR count). The van der Waals surface area contributed by atoms with Crippen LogP contribution in [0, 0.1) is 10.1 Å². The Morgan fingerprint density at radius 2 is 2.09 bits per heavy atom. The molecule has 0 unspecified atom stereocenters. The van der Waals surface area contributed by atoms with Crippen LogP contribution in [0.2, 0.25) is 0 Å². The van der Waals surface area contributed by atoms with Gasteiger partial charge in [0.1, 0.15) is 31.0 Å². The molecule has 0 saturated carbocycles. The lowest BCUT2D eigenvalue weighted by Gasteiger charge is -2.38. The summed E-state index contributed by atoms with van der Waals surface area (Å²) in [6.07, 6.45) is -3.97. The molecule has 2 aliphatic heterocycles. The molecule has 0 aromatic heterocycles. The second kappa shape index (κ2) is 6.54. The van der Waals surface area contributed by atoms with E-state index in [1.807, 2.05) is 0 Å². The van der Waals surface area contributed by atoms with Gasteiger partial charge in [-0.05, 0) is 19.4 Å². The molecule has 12 nitrogen and oxygen atoms in total. The average molecular weight is 332 g/mol. The predicted octanol–water partition coefficient (Wildman–Crippen LogP) is 0.682. The Labute approximate surface area is 130 Å². The molecule has 23 heavy (non-hydrogen) atoms. The first-order chi connectivity index (χ1) is 10.7. The van der Waals surface area contributed by atoms with Gasteiger partial charge in [0.15, 0.2) is 5.79 Å². The second-order valence-electron chi connectivity index (χ2n) is 5.43. The number of carbonyl (C=O) groups excluding carboxylic acids is 1. The highest BCUT2D eigenvalue weighted by Crippen LogP contribution is 2.39. The lowest BCUT2D eigenvalue weighted by Crippen LogP contribution is -2.57. The number of hydrogen-bond acceptors (Lipinski definition) is 9. The van der Waals surface area contributed by atoms with E-state index in [2.05, 4.69) is 14.9 Å². The topological polar surface area (TPSA) is 155 Å². The SMILES string of the molecule is CC(=O)OC[C@H]1O[C@@H](O[N+](=O)[O-])[C@H](N=[N+]=[N-])[C@H]2OC(C)(C)O[C@H]21. The fourth-order valence-electron chi connectivity index (χ4n) is 2.54. The minimum atomic E-state index is -1.50. The van der Waals surface area contributed by atoms with Gasteiger partial charge in [-0.25, -0.2) is 0 Å². The molecular weight excluding hydrogens is 316 g/mol. The number of fused-ring (bicyclic) bond motifs is 1. The van der Waals surface area contributed by atoms with Gasteiger partial charge in [-0.15, -0.1) is 10.1 Å². The first-order valence-electron chi connectivity index (χ1n) is 6.73. The summed E-state index contributed by atoms with van der Waals surface area (Å²) in [4.78, 5) is 28.7. The van der Waals surface area contributed by atoms with Crippen LogP contribution in [0.5, 0.6) is 0 Å². The highest BCUT2D eigenvalue weighted by Gasteiger charge is 2.56. The van der Waals surface area contributed by atoms with Crippen LogP contribution in [0.15, 0.2) is 5.11 Å². The van der Waals surface area contributed by atoms with Crippen molar-refractivity contribution in [3.05, 3.63) is 20.6 Å². The van der Waals surface area contributed by atoms with Crippen LogP contribution in [0.1, 0.15) is 20.8 Å². The van der Waals surface area contributed by atoms with Gasteiger partial charge in [-0.3, -0.25) is 9.63 Å². The third-order valence-electron chi connectivity index (χ3n) is 3.28. The summed E-state index contributed by atoms with van der Waals surface area (Å²) in [5.41, 5.74) is 8.67. The molecule has 2 fully saturated rings. The maximum absolute atomic E-state index is 11.0. The van der Waals surface area contributed by atoms with E-state index in [1.54, 1.807) is 13.8 Å². The Bertz CT molecular complexity index is 534. The van der Waals surface area contributed by atoms with Crippen molar-refractivity contribution >= 4 is 5.97 Å². The molecule has 2 saturated heterocycles. The molecule has 0 aliphatic carbocycles. The number of azide groups is 1. The standard InChI is InChI=1S/C11H16N4O8/c1-5(16)19-4-6-8-9(22-11(2,3)21-8)7(13-14-12)10(20-6)23-15(17)18/h6-10H,4H2,1-3H3/t6-,7-,8+,9-,10+/m1/s1. The van der Waals surface area contributed by atoms with Crippen molar-refractivity contribution in [1.82, 2.24) is 0 Å². The Kier molecular flexibility index (Phi) is 4.90. The largest absolute Gasteiger partial charge is 0.463 e. The third kappa shape index (κ3) is 3.99. The highest BCUT2D eigenvalue weighted by molar-refractivity contribution is 5.65. The molecule has 2 aliphatic rings. The smallest absolute Gasteiger partial charge is 0.302 e. The van der Waals surface area contributed by atoms with E-state index in [1.165, 1.54) is 6.92 Å². The number of nitrogens with zero attached hydrogens (tertiary/aromatic N) is 4.